The van der Waals surface area contributed by atoms with Crippen molar-refractivity contribution in [2.24, 2.45) is 0 Å². The highest BCUT2D eigenvalue weighted by atomic mass is 32.2. The molecule has 0 unspecified atom stereocenters. The third-order valence-electron chi connectivity index (χ3n) is 2.50. The van der Waals surface area contributed by atoms with E-state index in [0.717, 1.165) is 17.1 Å². The van der Waals surface area contributed by atoms with Gasteiger partial charge in [0.05, 0.1) is 14.2 Å². The van der Waals surface area contributed by atoms with Crippen molar-refractivity contribution in [2.45, 2.75) is 10.6 Å². The number of hydrogen-bond acceptors (Lipinski definition) is 4. The minimum absolute atomic E-state index is 0.693. The number of aromatic nitrogens is 1. The van der Waals surface area contributed by atoms with E-state index in [1.165, 1.54) is 4.90 Å². The SMILES string of the molecule is COc1ccc(SCc2cccnc2OC)cc1. The van der Waals surface area contributed by atoms with Crippen molar-refractivity contribution in [1.29, 1.82) is 0 Å². The molecule has 0 aliphatic carbocycles. The Morgan fingerprint density at radius 3 is 2.50 bits per heavy atom. The van der Waals surface area contributed by atoms with Crippen LogP contribution in [0.15, 0.2) is 47.5 Å². The van der Waals surface area contributed by atoms with Crippen LogP contribution >= 0.6 is 11.8 Å². The summed E-state index contributed by atoms with van der Waals surface area (Å²) in [7, 11) is 3.31. The van der Waals surface area contributed by atoms with Crippen molar-refractivity contribution in [3.63, 3.8) is 0 Å². The highest BCUT2D eigenvalue weighted by molar-refractivity contribution is 7.98. The summed E-state index contributed by atoms with van der Waals surface area (Å²) in [6.07, 6.45) is 1.74. The van der Waals surface area contributed by atoms with Crippen molar-refractivity contribution in [1.82, 2.24) is 4.98 Å². The molecule has 18 heavy (non-hydrogen) atoms. The van der Waals surface area contributed by atoms with E-state index < -0.39 is 0 Å². The predicted octanol–water partition coefficient (Wildman–Crippen LogP) is 3.39. The van der Waals surface area contributed by atoms with Gasteiger partial charge in [0.2, 0.25) is 5.88 Å². The van der Waals surface area contributed by atoms with E-state index in [4.69, 9.17) is 9.47 Å². The lowest BCUT2D eigenvalue weighted by molar-refractivity contribution is 0.394. The van der Waals surface area contributed by atoms with Crippen LogP contribution in [0.2, 0.25) is 0 Å². The molecule has 0 radical (unpaired) electrons. The molecule has 0 spiro atoms. The van der Waals surface area contributed by atoms with Crippen LogP contribution in [0.25, 0.3) is 0 Å². The molecule has 0 aliphatic rings. The molecule has 4 heteroatoms. The molecule has 1 heterocycles. The quantitative estimate of drug-likeness (QED) is 0.772. The second-order valence-corrected chi connectivity index (χ2v) is 4.68. The molecule has 1 aromatic heterocycles. The zero-order chi connectivity index (χ0) is 12.8. The Balaban J connectivity index is 2.02. The monoisotopic (exact) mass is 261 g/mol. The molecular formula is C14H15NO2S. The summed E-state index contributed by atoms with van der Waals surface area (Å²) in [5.41, 5.74) is 1.10. The van der Waals surface area contributed by atoms with Gasteiger partial charge >= 0.3 is 0 Å². The average molecular weight is 261 g/mol. The Hall–Kier alpha value is -1.68. The minimum Gasteiger partial charge on any atom is -0.497 e. The molecule has 2 aromatic rings. The van der Waals surface area contributed by atoms with Crippen molar-refractivity contribution in [2.75, 3.05) is 14.2 Å². The summed E-state index contributed by atoms with van der Waals surface area (Å²) in [6.45, 7) is 0. The molecule has 0 atom stereocenters. The first-order valence-electron chi connectivity index (χ1n) is 5.58. The average Bonchev–Trinajstić information content (AvgIpc) is 2.46. The molecule has 94 valence electrons. The van der Waals surface area contributed by atoms with Crippen LogP contribution in [0.4, 0.5) is 0 Å². The van der Waals surface area contributed by atoms with Crippen LogP contribution in [-0.2, 0) is 5.75 Å². The van der Waals surface area contributed by atoms with E-state index in [9.17, 15) is 0 Å². The Morgan fingerprint density at radius 1 is 1.06 bits per heavy atom. The number of pyridine rings is 1. The smallest absolute Gasteiger partial charge is 0.217 e. The molecule has 0 saturated heterocycles. The van der Waals surface area contributed by atoms with Crippen molar-refractivity contribution >= 4 is 11.8 Å². The second-order valence-electron chi connectivity index (χ2n) is 3.64. The molecule has 2 rings (SSSR count). The fourth-order valence-corrected chi connectivity index (χ4v) is 2.42. The first-order chi connectivity index (χ1) is 8.83. The molecule has 3 nitrogen and oxygen atoms in total. The number of benzene rings is 1. The molecule has 0 fully saturated rings. The van der Waals surface area contributed by atoms with E-state index >= 15 is 0 Å². The predicted molar refractivity (Wildman–Crippen MR) is 73.3 cm³/mol. The van der Waals surface area contributed by atoms with E-state index in [0.29, 0.717) is 5.88 Å². The summed E-state index contributed by atoms with van der Waals surface area (Å²) in [4.78, 5) is 5.38. The van der Waals surface area contributed by atoms with Crippen LogP contribution in [0, 0.1) is 0 Å². The van der Waals surface area contributed by atoms with E-state index in [-0.39, 0.29) is 0 Å². The van der Waals surface area contributed by atoms with Gasteiger partial charge in [-0.2, -0.15) is 0 Å². The number of rotatable bonds is 5. The number of ether oxygens (including phenoxy) is 2. The molecule has 1 aromatic carbocycles. The minimum atomic E-state index is 0.693. The molecule has 0 aliphatic heterocycles. The number of methoxy groups -OCH3 is 2. The Kier molecular flexibility index (Phi) is 4.47. The van der Waals surface area contributed by atoms with Gasteiger partial charge in [0, 0.05) is 22.4 Å². The highest BCUT2D eigenvalue weighted by Crippen LogP contribution is 2.27. The van der Waals surface area contributed by atoms with Crippen molar-refractivity contribution < 1.29 is 9.47 Å². The first kappa shape index (κ1) is 12.8. The summed E-state index contributed by atoms with van der Waals surface area (Å²) in [5, 5.41) is 0. The van der Waals surface area contributed by atoms with Gasteiger partial charge in [-0.25, -0.2) is 4.98 Å². The maximum atomic E-state index is 5.23. The molecule has 0 saturated carbocycles. The second kappa shape index (κ2) is 6.31. The van der Waals surface area contributed by atoms with E-state index in [1.807, 2.05) is 36.4 Å². The van der Waals surface area contributed by atoms with Crippen molar-refractivity contribution in [3.8, 4) is 11.6 Å². The maximum Gasteiger partial charge on any atom is 0.217 e. The van der Waals surface area contributed by atoms with E-state index in [1.54, 1.807) is 32.2 Å². The third-order valence-corrected chi connectivity index (χ3v) is 3.56. The molecule has 0 N–H and O–H groups in total. The van der Waals surface area contributed by atoms with Gasteiger partial charge in [-0.3, -0.25) is 0 Å². The number of nitrogens with zero attached hydrogens (tertiary/aromatic N) is 1. The van der Waals surface area contributed by atoms with Crippen LogP contribution in [0.5, 0.6) is 11.6 Å². The van der Waals surface area contributed by atoms with Gasteiger partial charge < -0.3 is 9.47 Å². The highest BCUT2D eigenvalue weighted by Gasteiger charge is 2.04. The third kappa shape index (κ3) is 3.17. The lowest BCUT2D eigenvalue weighted by Crippen LogP contribution is -1.92. The summed E-state index contributed by atoms with van der Waals surface area (Å²) >= 11 is 1.75. The van der Waals surface area contributed by atoms with Crippen LogP contribution < -0.4 is 9.47 Å². The zero-order valence-corrected chi connectivity index (χ0v) is 11.2. The fourth-order valence-electron chi connectivity index (χ4n) is 1.55. The van der Waals surface area contributed by atoms with Crippen LogP contribution in [0.1, 0.15) is 5.56 Å². The molecule has 0 bridgehead atoms. The summed E-state index contributed by atoms with van der Waals surface area (Å²) in [5.74, 6) is 2.40. The van der Waals surface area contributed by atoms with Crippen LogP contribution in [0.3, 0.4) is 0 Å². The molecular weight excluding hydrogens is 246 g/mol. The summed E-state index contributed by atoms with van der Waals surface area (Å²) < 4.78 is 10.4. The van der Waals surface area contributed by atoms with Gasteiger partial charge in [0.25, 0.3) is 0 Å². The van der Waals surface area contributed by atoms with Gasteiger partial charge in [0.1, 0.15) is 5.75 Å². The normalized spacial score (nSPS) is 10.1. The largest absolute Gasteiger partial charge is 0.497 e. The topological polar surface area (TPSA) is 31.4 Å². The Labute approximate surface area is 111 Å². The molecule has 0 amide bonds. The fraction of sp³-hybridized carbons (Fsp3) is 0.214. The maximum absolute atomic E-state index is 5.23. The van der Waals surface area contributed by atoms with Gasteiger partial charge in [0.15, 0.2) is 0 Å². The van der Waals surface area contributed by atoms with Gasteiger partial charge in [-0.05, 0) is 30.3 Å². The zero-order valence-electron chi connectivity index (χ0n) is 10.4. The van der Waals surface area contributed by atoms with Gasteiger partial charge in [-0.1, -0.05) is 6.07 Å². The summed E-state index contributed by atoms with van der Waals surface area (Å²) in [6, 6.07) is 12.0. The Bertz CT molecular complexity index is 499. The lowest BCUT2D eigenvalue weighted by atomic mass is 10.3. The standard InChI is InChI=1S/C14H15NO2S/c1-16-12-5-7-13(8-6-12)18-10-11-4-3-9-15-14(11)17-2/h3-9H,10H2,1-2H3. The lowest BCUT2D eigenvalue weighted by Gasteiger charge is -2.07. The van der Waals surface area contributed by atoms with Gasteiger partial charge in [-0.15, -0.1) is 11.8 Å². The van der Waals surface area contributed by atoms with Crippen molar-refractivity contribution in [3.05, 3.63) is 48.2 Å². The Morgan fingerprint density at radius 2 is 1.83 bits per heavy atom. The van der Waals surface area contributed by atoms with E-state index in [2.05, 4.69) is 4.98 Å². The first-order valence-corrected chi connectivity index (χ1v) is 6.57. The number of thioether (sulfide) groups is 1. The van der Waals surface area contributed by atoms with Crippen LogP contribution in [-0.4, -0.2) is 19.2 Å². The number of hydrogen-bond donors (Lipinski definition) is 0.